The summed E-state index contributed by atoms with van der Waals surface area (Å²) in [5.74, 6) is 1.04. The Kier molecular flexibility index (Phi) is 5.29. The van der Waals surface area contributed by atoms with E-state index in [4.69, 9.17) is 0 Å². The average molecular weight is 398 g/mol. The molecule has 1 saturated heterocycles. The quantitative estimate of drug-likeness (QED) is 0.662. The molecule has 6 nitrogen and oxygen atoms in total. The maximum absolute atomic E-state index is 13.8. The lowest BCUT2D eigenvalue weighted by molar-refractivity contribution is -0.116. The smallest absolute Gasteiger partial charge is 0.281 e. The molecule has 1 aromatic heterocycles. The largest absolute Gasteiger partial charge is 0.342 e. The molecule has 0 spiro atoms. The van der Waals surface area contributed by atoms with Gasteiger partial charge in [-0.25, -0.2) is 9.37 Å². The van der Waals surface area contributed by atoms with Crippen LogP contribution in [0.15, 0.2) is 42.5 Å². The lowest BCUT2D eigenvalue weighted by atomic mass is 10.1. The van der Waals surface area contributed by atoms with Gasteiger partial charge in [0, 0.05) is 37.4 Å². The van der Waals surface area contributed by atoms with Gasteiger partial charge < -0.3 is 15.2 Å². The summed E-state index contributed by atoms with van der Waals surface area (Å²) in [5.41, 5.74) is 2.75. The van der Waals surface area contributed by atoms with Crippen LogP contribution in [-0.2, 0) is 11.2 Å². The molecule has 2 heterocycles. The molecule has 0 radical (unpaired) electrons. The van der Waals surface area contributed by atoms with E-state index in [1.54, 1.807) is 29.2 Å². The van der Waals surface area contributed by atoms with Crippen LogP contribution in [0, 0.1) is 5.82 Å². The molecule has 2 N–H and O–H groups in total. The van der Waals surface area contributed by atoms with E-state index in [1.807, 2.05) is 12.1 Å². The van der Waals surface area contributed by atoms with Crippen LogP contribution in [0.2, 0.25) is 0 Å². The molecule has 144 valence electrons. The normalized spacial score (nSPS) is 14.0. The summed E-state index contributed by atoms with van der Waals surface area (Å²) in [6.07, 6.45) is 0.622. The molecular weight excluding hydrogens is 379 g/mol. The van der Waals surface area contributed by atoms with Crippen molar-refractivity contribution in [1.82, 2.24) is 14.9 Å². The SMILES string of the molecule is O=C(CCN1CCSC1=O)Nc1ccc2nc(Cc3ccccc3F)[nH]c2c1. The van der Waals surface area contributed by atoms with Crippen LogP contribution >= 0.6 is 11.8 Å². The Morgan fingerprint density at radius 3 is 2.93 bits per heavy atom. The van der Waals surface area contributed by atoms with Crippen LogP contribution in [0.5, 0.6) is 0 Å². The molecule has 28 heavy (non-hydrogen) atoms. The van der Waals surface area contributed by atoms with Crippen molar-refractivity contribution in [3.8, 4) is 0 Å². The highest BCUT2D eigenvalue weighted by Gasteiger charge is 2.21. The fourth-order valence-electron chi connectivity index (χ4n) is 3.13. The molecule has 2 aromatic carbocycles. The molecule has 1 aliphatic heterocycles. The Hall–Kier alpha value is -2.87. The van der Waals surface area contributed by atoms with Gasteiger partial charge in [0.1, 0.15) is 11.6 Å². The molecule has 1 aliphatic rings. The van der Waals surface area contributed by atoms with Crippen molar-refractivity contribution in [2.24, 2.45) is 0 Å². The monoisotopic (exact) mass is 398 g/mol. The lowest BCUT2D eigenvalue weighted by Crippen LogP contribution is -2.27. The van der Waals surface area contributed by atoms with E-state index in [-0.39, 0.29) is 23.4 Å². The molecule has 0 saturated carbocycles. The van der Waals surface area contributed by atoms with Gasteiger partial charge in [-0.05, 0) is 29.8 Å². The minimum Gasteiger partial charge on any atom is -0.342 e. The van der Waals surface area contributed by atoms with Crippen molar-refractivity contribution < 1.29 is 14.0 Å². The van der Waals surface area contributed by atoms with Gasteiger partial charge in [-0.2, -0.15) is 0 Å². The Morgan fingerprint density at radius 1 is 1.29 bits per heavy atom. The number of fused-ring (bicyclic) bond motifs is 1. The number of carbonyl (C=O) groups is 2. The third-order valence-electron chi connectivity index (χ3n) is 4.58. The van der Waals surface area contributed by atoms with E-state index in [0.29, 0.717) is 36.6 Å². The van der Waals surface area contributed by atoms with E-state index in [9.17, 15) is 14.0 Å². The van der Waals surface area contributed by atoms with Crippen molar-refractivity contribution in [3.63, 3.8) is 0 Å². The summed E-state index contributed by atoms with van der Waals surface area (Å²) >= 11 is 1.29. The highest BCUT2D eigenvalue weighted by Crippen LogP contribution is 2.20. The Bertz CT molecular complexity index is 1040. The average Bonchev–Trinajstić information content (AvgIpc) is 3.27. The number of rotatable bonds is 6. The Morgan fingerprint density at radius 2 is 2.14 bits per heavy atom. The number of benzene rings is 2. The summed E-state index contributed by atoms with van der Waals surface area (Å²) in [4.78, 5) is 33.1. The number of aromatic nitrogens is 2. The van der Waals surface area contributed by atoms with Crippen molar-refractivity contribution >= 4 is 39.6 Å². The molecule has 4 rings (SSSR count). The van der Waals surface area contributed by atoms with Crippen molar-refractivity contribution in [2.75, 3.05) is 24.2 Å². The van der Waals surface area contributed by atoms with Gasteiger partial charge in [0.2, 0.25) is 5.91 Å². The summed E-state index contributed by atoms with van der Waals surface area (Å²) < 4.78 is 13.8. The van der Waals surface area contributed by atoms with E-state index < -0.39 is 0 Å². The highest BCUT2D eigenvalue weighted by molar-refractivity contribution is 8.13. The van der Waals surface area contributed by atoms with Gasteiger partial charge in [0.15, 0.2) is 0 Å². The standard InChI is InChI=1S/C20H19FN4O2S/c21-15-4-2-1-3-13(15)11-18-23-16-6-5-14(12-17(16)24-18)22-19(26)7-8-25-9-10-28-20(25)27/h1-6,12H,7-11H2,(H,22,26)(H,23,24). The van der Waals surface area contributed by atoms with Crippen LogP contribution in [0.25, 0.3) is 11.0 Å². The first-order valence-corrected chi connectivity index (χ1v) is 10.0. The second-order valence-corrected chi connectivity index (χ2v) is 7.63. The topological polar surface area (TPSA) is 78.1 Å². The fourth-order valence-corrected chi connectivity index (χ4v) is 3.99. The third-order valence-corrected chi connectivity index (χ3v) is 5.48. The zero-order chi connectivity index (χ0) is 19.5. The molecule has 2 amide bonds. The number of imidazole rings is 1. The molecule has 0 unspecified atom stereocenters. The Balaban J connectivity index is 1.40. The number of halogens is 1. The minimum atomic E-state index is -0.259. The number of thioether (sulfide) groups is 1. The highest BCUT2D eigenvalue weighted by atomic mass is 32.2. The van der Waals surface area contributed by atoms with Gasteiger partial charge in [0.25, 0.3) is 5.24 Å². The van der Waals surface area contributed by atoms with E-state index in [2.05, 4.69) is 15.3 Å². The molecular formula is C20H19FN4O2S. The first-order valence-electron chi connectivity index (χ1n) is 9.02. The predicted octanol–water partition coefficient (Wildman–Crippen LogP) is 3.79. The van der Waals surface area contributed by atoms with Crippen molar-refractivity contribution in [2.45, 2.75) is 12.8 Å². The van der Waals surface area contributed by atoms with Gasteiger partial charge in [-0.15, -0.1) is 0 Å². The van der Waals surface area contributed by atoms with Gasteiger partial charge >= 0.3 is 0 Å². The van der Waals surface area contributed by atoms with E-state index in [0.717, 1.165) is 16.8 Å². The first kappa shape index (κ1) is 18.5. The maximum atomic E-state index is 13.8. The van der Waals surface area contributed by atoms with Crippen LogP contribution in [-0.4, -0.2) is 44.9 Å². The molecule has 3 aromatic rings. The van der Waals surface area contributed by atoms with Crippen molar-refractivity contribution in [1.29, 1.82) is 0 Å². The van der Waals surface area contributed by atoms with Crippen molar-refractivity contribution in [3.05, 3.63) is 59.7 Å². The van der Waals surface area contributed by atoms with E-state index in [1.165, 1.54) is 17.8 Å². The fraction of sp³-hybridized carbons (Fsp3) is 0.250. The van der Waals surface area contributed by atoms with Crippen LogP contribution in [0.3, 0.4) is 0 Å². The minimum absolute atomic E-state index is 0.0362. The zero-order valence-electron chi connectivity index (χ0n) is 15.1. The molecule has 1 fully saturated rings. The second-order valence-electron chi connectivity index (χ2n) is 6.58. The molecule has 8 heteroatoms. The number of hydrogen-bond acceptors (Lipinski definition) is 4. The predicted molar refractivity (Wildman–Crippen MR) is 108 cm³/mol. The molecule has 0 aliphatic carbocycles. The number of nitrogens with zero attached hydrogens (tertiary/aromatic N) is 2. The van der Waals surface area contributed by atoms with Gasteiger partial charge in [0.05, 0.1) is 11.0 Å². The summed E-state index contributed by atoms with van der Waals surface area (Å²) in [7, 11) is 0. The number of H-pyrrole nitrogens is 1. The molecule has 0 atom stereocenters. The third kappa shape index (κ3) is 4.17. The molecule has 0 bridgehead atoms. The van der Waals surface area contributed by atoms with Crippen LogP contribution < -0.4 is 5.32 Å². The van der Waals surface area contributed by atoms with E-state index >= 15 is 0 Å². The summed E-state index contributed by atoms with van der Waals surface area (Å²) in [6.45, 7) is 1.12. The van der Waals surface area contributed by atoms with Crippen LogP contribution in [0.1, 0.15) is 17.8 Å². The van der Waals surface area contributed by atoms with Gasteiger partial charge in [-0.3, -0.25) is 9.59 Å². The first-order chi connectivity index (χ1) is 13.6. The number of amides is 2. The number of carbonyl (C=O) groups excluding carboxylic acids is 2. The van der Waals surface area contributed by atoms with Gasteiger partial charge in [-0.1, -0.05) is 30.0 Å². The number of hydrogen-bond donors (Lipinski definition) is 2. The summed E-state index contributed by atoms with van der Waals surface area (Å²) in [5, 5.41) is 2.89. The number of aromatic amines is 1. The lowest BCUT2D eigenvalue weighted by Gasteiger charge is -2.13. The van der Waals surface area contributed by atoms with Crippen LogP contribution in [0.4, 0.5) is 14.9 Å². The zero-order valence-corrected chi connectivity index (χ0v) is 15.9. The number of nitrogens with one attached hydrogen (secondary N) is 2. The second kappa shape index (κ2) is 8.02. The number of anilines is 1. The maximum Gasteiger partial charge on any atom is 0.281 e. The Labute approximate surface area is 165 Å². The summed E-state index contributed by atoms with van der Waals surface area (Å²) in [6, 6.07) is 12.0.